The summed E-state index contributed by atoms with van der Waals surface area (Å²) in [6.07, 6.45) is 0.868. The van der Waals surface area contributed by atoms with Crippen LogP contribution in [0.5, 0.6) is 11.5 Å². The van der Waals surface area contributed by atoms with E-state index in [0.29, 0.717) is 36.6 Å². The van der Waals surface area contributed by atoms with Gasteiger partial charge in [-0.15, -0.1) is 0 Å². The van der Waals surface area contributed by atoms with Crippen LogP contribution in [0.4, 0.5) is 11.4 Å². The average Bonchev–Trinajstić information content (AvgIpc) is 2.61. The molecule has 0 aliphatic rings. The third-order valence-electron chi connectivity index (χ3n) is 3.69. The van der Waals surface area contributed by atoms with Crippen LogP contribution >= 0.6 is 0 Å². The Morgan fingerprint density at radius 1 is 1.04 bits per heavy atom. The highest BCUT2D eigenvalue weighted by Gasteiger charge is 2.11. The van der Waals surface area contributed by atoms with Gasteiger partial charge in [-0.2, -0.15) is 0 Å². The van der Waals surface area contributed by atoms with Crippen molar-refractivity contribution in [2.75, 3.05) is 24.4 Å². The number of carbonyl (C=O) groups excluding carboxylic acids is 2. The lowest BCUT2D eigenvalue weighted by atomic mass is 10.1. The Labute approximate surface area is 153 Å². The van der Waals surface area contributed by atoms with Gasteiger partial charge in [0.25, 0.3) is 0 Å². The minimum atomic E-state index is -0.181. The molecule has 26 heavy (non-hydrogen) atoms. The lowest BCUT2D eigenvalue weighted by Gasteiger charge is -2.13. The molecule has 6 nitrogen and oxygen atoms in total. The number of para-hydroxylation sites is 1. The van der Waals surface area contributed by atoms with Crippen molar-refractivity contribution in [3.8, 4) is 11.5 Å². The van der Waals surface area contributed by atoms with Gasteiger partial charge in [-0.3, -0.25) is 9.59 Å². The molecule has 138 valence electrons. The van der Waals surface area contributed by atoms with Gasteiger partial charge in [-0.25, -0.2) is 0 Å². The van der Waals surface area contributed by atoms with Crippen LogP contribution in [-0.2, 0) is 16.0 Å². The van der Waals surface area contributed by atoms with Crippen molar-refractivity contribution in [3.05, 3.63) is 48.0 Å². The molecule has 2 rings (SSSR count). The number of hydrogen-bond donors (Lipinski definition) is 2. The molecule has 2 N–H and O–H groups in total. The van der Waals surface area contributed by atoms with E-state index in [0.717, 1.165) is 11.3 Å². The normalized spacial score (nSPS) is 10.1. The zero-order chi connectivity index (χ0) is 18.9. The van der Waals surface area contributed by atoms with E-state index >= 15 is 0 Å². The summed E-state index contributed by atoms with van der Waals surface area (Å²) < 4.78 is 10.9. The zero-order valence-electron chi connectivity index (χ0n) is 15.3. The van der Waals surface area contributed by atoms with E-state index in [1.165, 1.54) is 14.0 Å². The van der Waals surface area contributed by atoms with Gasteiger partial charge in [0.15, 0.2) is 0 Å². The minimum absolute atomic E-state index is 0.144. The molecule has 0 radical (unpaired) electrons. The molecule has 2 aromatic carbocycles. The lowest BCUT2D eigenvalue weighted by Crippen LogP contribution is -2.14. The smallest absolute Gasteiger partial charge is 0.224 e. The first-order valence-electron chi connectivity index (χ1n) is 8.49. The minimum Gasteiger partial charge on any atom is -0.495 e. The van der Waals surface area contributed by atoms with Crippen molar-refractivity contribution >= 4 is 23.2 Å². The van der Waals surface area contributed by atoms with Gasteiger partial charge < -0.3 is 20.1 Å². The Morgan fingerprint density at radius 3 is 2.50 bits per heavy atom. The molecule has 0 aliphatic carbocycles. The fraction of sp³-hybridized carbons (Fsp3) is 0.300. The topological polar surface area (TPSA) is 76.7 Å². The monoisotopic (exact) mass is 356 g/mol. The van der Waals surface area contributed by atoms with E-state index < -0.39 is 0 Å². The summed E-state index contributed by atoms with van der Waals surface area (Å²) in [5.41, 5.74) is 2.10. The number of nitrogens with one attached hydrogen (secondary N) is 2. The maximum atomic E-state index is 12.4. The Balaban J connectivity index is 2.04. The number of carbonyl (C=O) groups is 2. The van der Waals surface area contributed by atoms with Crippen molar-refractivity contribution in [2.45, 2.75) is 26.7 Å². The van der Waals surface area contributed by atoms with Crippen LogP contribution in [0.3, 0.4) is 0 Å². The molecule has 0 spiro atoms. The van der Waals surface area contributed by atoms with Crippen molar-refractivity contribution in [3.63, 3.8) is 0 Å². The number of anilines is 2. The lowest BCUT2D eigenvalue weighted by molar-refractivity contribution is -0.116. The SMILES string of the molecule is CCOc1ccccc1CCC(=O)Nc1cc(NC(C)=O)ccc1OC. The Hall–Kier alpha value is -3.02. The van der Waals surface area contributed by atoms with Gasteiger partial charge in [0.2, 0.25) is 11.8 Å². The standard InChI is InChI=1S/C20H24N2O4/c1-4-26-18-8-6-5-7-15(18)9-12-20(24)22-17-13-16(21-14(2)23)10-11-19(17)25-3/h5-8,10-11,13H,4,9,12H2,1-3H3,(H,21,23)(H,22,24). The summed E-state index contributed by atoms with van der Waals surface area (Å²) >= 11 is 0. The molecule has 6 heteroatoms. The fourth-order valence-corrected chi connectivity index (χ4v) is 2.55. The van der Waals surface area contributed by atoms with Gasteiger partial charge in [0, 0.05) is 19.0 Å². The Morgan fingerprint density at radius 2 is 1.81 bits per heavy atom. The largest absolute Gasteiger partial charge is 0.495 e. The number of benzene rings is 2. The van der Waals surface area contributed by atoms with Gasteiger partial charge >= 0.3 is 0 Å². The summed E-state index contributed by atoms with van der Waals surface area (Å²) in [7, 11) is 1.53. The number of amides is 2. The molecule has 2 aromatic rings. The molecule has 0 unspecified atom stereocenters. The fourth-order valence-electron chi connectivity index (χ4n) is 2.55. The maximum Gasteiger partial charge on any atom is 0.224 e. The first-order chi connectivity index (χ1) is 12.5. The van der Waals surface area contributed by atoms with Crippen LogP contribution in [0.25, 0.3) is 0 Å². The molecule has 0 saturated carbocycles. The van der Waals surface area contributed by atoms with Gasteiger partial charge in [0.1, 0.15) is 11.5 Å². The second kappa shape index (κ2) is 9.46. The predicted molar refractivity (Wildman–Crippen MR) is 102 cm³/mol. The average molecular weight is 356 g/mol. The highest BCUT2D eigenvalue weighted by Crippen LogP contribution is 2.28. The molecule has 0 aromatic heterocycles. The van der Waals surface area contributed by atoms with Crippen LogP contribution < -0.4 is 20.1 Å². The second-order valence-electron chi connectivity index (χ2n) is 5.69. The summed E-state index contributed by atoms with van der Waals surface area (Å²) in [5, 5.41) is 5.53. The Kier molecular flexibility index (Phi) is 7.02. The first kappa shape index (κ1) is 19.3. The van der Waals surface area contributed by atoms with E-state index in [9.17, 15) is 9.59 Å². The van der Waals surface area contributed by atoms with Crippen molar-refractivity contribution < 1.29 is 19.1 Å². The maximum absolute atomic E-state index is 12.4. The number of aryl methyl sites for hydroxylation is 1. The molecular weight excluding hydrogens is 332 g/mol. The van der Waals surface area contributed by atoms with Crippen molar-refractivity contribution in [1.29, 1.82) is 0 Å². The number of hydrogen-bond acceptors (Lipinski definition) is 4. The third kappa shape index (κ3) is 5.51. The molecule has 0 atom stereocenters. The van der Waals surface area contributed by atoms with E-state index in [-0.39, 0.29) is 11.8 Å². The predicted octanol–water partition coefficient (Wildman–Crippen LogP) is 3.62. The number of rotatable bonds is 8. The summed E-state index contributed by atoms with van der Waals surface area (Å²) in [6, 6.07) is 12.8. The first-order valence-corrected chi connectivity index (χ1v) is 8.49. The molecular formula is C20H24N2O4. The molecule has 0 heterocycles. The molecule has 0 saturated heterocycles. The zero-order valence-corrected chi connectivity index (χ0v) is 15.3. The third-order valence-corrected chi connectivity index (χ3v) is 3.69. The molecule has 0 fully saturated rings. The summed E-state index contributed by atoms with van der Waals surface area (Å²) in [6.45, 7) is 3.94. The quantitative estimate of drug-likeness (QED) is 0.757. The van der Waals surface area contributed by atoms with Gasteiger partial charge in [-0.05, 0) is 43.2 Å². The van der Waals surface area contributed by atoms with Crippen LogP contribution in [-0.4, -0.2) is 25.5 Å². The van der Waals surface area contributed by atoms with E-state index in [1.807, 2.05) is 31.2 Å². The van der Waals surface area contributed by atoms with Crippen LogP contribution in [0, 0.1) is 0 Å². The van der Waals surface area contributed by atoms with E-state index in [4.69, 9.17) is 9.47 Å². The van der Waals surface area contributed by atoms with Crippen molar-refractivity contribution in [1.82, 2.24) is 0 Å². The highest BCUT2D eigenvalue weighted by atomic mass is 16.5. The van der Waals surface area contributed by atoms with E-state index in [2.05, 4.69) is 10.6 Å². The molecule has 2 amide bonds. The van der Waals surface area contributed by atoms with Gasteiger partial charge in [0.05, 0.1) is 19.4 Å². The molecule has 0 bridgehead atoms. The van der Waals surface area contributed by atoms with Crippen LogP contribution in [0.15, 0.2) is 42.5 Å². The summed E-state index contributed by atoms with van der Waals surface area (Å²) in [4.78, 5) is 23.6. The van der Waals surface area contributed by atoms with E-state index in [1.54, 1.807) is 18.2 Å². The van der Waals surface area contributed by atoms with Crippen LogP contribution in [0.2, 0.25) is 0 Å². The number of methoxy groups -OCH3 is 1. The highest BCUT2D eigenvalue weighted by molar-refractivity contribution is 5.95. The van der Waals surface area contributed by atoms with Crippen molar-refractivity contribution in [2.24, 2.45) is 0 Å². The molecule has 0 aliphatic heterocycles. The van der Waals surface area contributed by atoms with Gasteiger partial charge in [-0.1, -0.05) is 18.2 Å². The summed E-state index contributed by atoms with van der Waals surface area (Å²) in [5.74, 6) is 1.00. The van der Waals surface area contributed by atoms with Crippen LogP contribution in [0.1, 0.15) is 25.8 Å². The second-order valence-corrected chi connectivity index (χ2v) is 5.69. The Bertz CT molecular complexity index is 774. The number of ether oxygens (including phenoxy) is 2.